The van der Waals surface area contributed by atoms with Gasteiger partial charge in [0.25, 0.3) is 10.0 Å². The lowest BCUT2D eigenvalue weighted by molar-refractivity contribution is -0.141. The van der Waals surface area contributed by atoms with Crippen LogP contribution in [0, 0.1) is 20.8 Å². The van der Waals surface area contributed by atoms with Gasteiger partial charge in [0.05, 0.1) is 10.6 Å². The molecule has 1 aromatic carbocycles. The fraction of sp³-hybridized carbons (Fsp3) is 0.235. The maximum Gasteiger partial charge on any atom is 0.432 e. The van der Waals surface area contributed by atoms with E-state index in [4.69, 9.17) is 0 Å². The van der Waals surface area contributed by atoms with Crippen LogP contribution >= 0.6 is 11.3 Å². The zero-order valence-electron chi connectivity index (χ0n) is 14.6. The predicted octanol–water partition coefficient (Wildman–Crippen LogP) is 4.88. The third-order valence-corrected chi connectivity index (χ3v) is 6.69. The lowest BCUT2D eigenvalue weighted by atomic mass is 10.1. The van der Waals surface area contributed by atoms with E-state index in [9.17, 15) is 21.6 Å². The molecule has 0 saturated heterocycles. The van der Waals surface area contributed by atoms with E-state index < -0.39 is 21.9 Å². The highest BCUT2D eigenvalue weighted by atomic mass is 32.2. The van der Waals surface area contributed by atoms with E-state index in [2.05, 4.69) is 9.82 Å². The SMILES string of the molecule is Cc1cccc(C)c1NS(=O)(=O)c1cc(-c2cc(C(F)(F)F)[nH]n2)sc1C. The number of aryl methyl sites for hydroxylation is 3. The van der Waals surface area contributed by atoms with Gasteiger partial charge in [0, 0.05) is 4.88 Å². The van der Waals surface area contributed by atoms with E-state index in [-0.39, 0.29) is 10.6 Å². The molecule has 0 radical (unpaired) electrons. The fourth-order valence-corrected chi connectivity index (χ4v) is 5.37. The third-order valence-electron chi connectivity index (χ3n) is 4.02. The number of thiophene rings is 1. The average molecular weight is 415 g/mol. The molecule has 0 atom stereocenters. The molecule has 3 aromatic rings. The molecule has 2 N–H and O–H groups in total. The van der Waals surface area contributed by atoms with E-state index in [0.29, 0.717) is 15.4 Å². The zero-order chi connectivity index (χ0) is 20.0. The molecule has 5 nitrogen and oxygen atoms in total. The number of rotatable bonds is 4. The number of alkyl halides is 3. The van der Waals surface area contributed by atoms with Gasteiger partial charge in [-0.3, -0.25) is 9.82 Å². The number of aromatic amines is 1. The van der Waals surface area contributed by atoms with Gasteiger partial charge in [-0.15, -0.1) is 11.3 Å². The summed E-state index contributed by atoms with van der Waals surface area (Å²) in [5.41, 5.74) is 1.09. The van der Waals surface area contributed by atoms with Crippen molar-refractivity contribution in [1.82, 2.24) is 10.2 Å². The molecule has 0 aliphatic rings. The summed E-state index contributed by atoms with van der Waals surface area (Å²) >= 11 is 1.07. The fourth-order valence-electron chi connectivity index (χ4n) is 2.62. The van der Waals surface area contributed by atoms with E-state index in [0.717, 1.165) is 28.5 Å². The first-order valence-electron chi connectivity index (χ1n) is 7.81. The van der Waals surface area contributed by atoms with Gasteiger partial charge in [0.1, 0.15) is 16.3 Å². The quantitative estimate of drug-likeness (QED) is 0.638. The lowest BCUT2D eigenvalue weighted by Crippen LogP contribution is -2.14. The molecule has 0 saturated carbocycles. The number of nitrogens with zero attached hydrogens (tertiary/aromatic N) is 1. The second-order valence-electron chi connectivity index (χ2n) is 6.07. The van der Waals surface area contributed by atoms with Crippen molar-refractivity contribution < 1.29 is 21.6 Å². The van der Waals surface area contributed by atoms with E-state index in [1.165, 1.54) is 6.07 Å². The summed E-state index contributed by atoms with van der Waals surface area (Å²) in [6.07, 6.45) is -4.55. The van der Waals surface area contributed by atoms with Crippen LogP contribution in [0.4, 0.5) is 18.9 Å². The van der Waals surface area contributed by atoms with Gasteiger partial charge in [0.15, 0.2) is 0 Å². The molecular formula is C17H16F3N3O2S2. The highest BCUT2D eigenvalue weighted by molar-refractivity contribution is 7.93. The summed E-state index contributed by atoms with van der Waals surface area (Å²) in [6.45, 7) is 5.18. The molecule has 2 aromatic heterocycles. The van der Waals surface area contributed by atoms with E-state index in [1.54, 1.807) is 32.9 Å². The van der Waals surface area contributed by atoms with Crippen LogP contribution in [-0.4, -0.2) is 18.6 Å². The number of nitrogens with one attached hydrogen (secondary N) is 2. The normalized spacial score (nSPS) is 12.4. The number of hydrogen-bond donors (Lipinski definition) is 2. The molecule has 27 heavy (non-hydrogen) atoms. The molecular weight excluding hydrogens is 399 g/mol. The van der Waals surface area contributed by atoms with E-state index in [1.807, 2.05) is 11.2 Å². The minimum Gasteiger partial charge on any atom is -0.279 e. The third kappa shape index (κ3) is 3.86. The van der Waals surface area contributed by atoms with Crippen molar-refractivity contribution in [2.45, 2.75) is 31.8 Å². The van der Waals surface area contributed by atoms with Crippen LogP contribution in [-0.2, 0) is 16.2 Å². The van der Waals surface area contributed by atoms with Crippen molar-refractivity contribution in [3.8, 4) is 10.6 Å². The van der Waals surface area contributed by atoms with Crippen LogP contribution < -0.4 is 4.72 Å². The molecule has 10 heteroatoms. The van der Waals surface area contributed by atoms with Crippen LogP contribution in [0.25, 0.3) is 10.6 Å². The van der Waals surface area contributed by atoms with Crippen molar-refractivity contribution in [2.24, 2.45) is 0 Å². The Labute approximate surface area is 158 Å². The molecule has 3 rings (SSSR count). The molecule has 0 amide bonds. The molecule has 0 bridgehead atoms. The number of aromatic nitrogens is 2. The highest BCUT2D eigenvalue weighted by Gasteiger charge is 2.33. The summed E-state index contributed by atoms with van der Waals surface area (Å²) < 4.78 is 66.4. The highest BCUT2D eigenvalue weighted by Crippen LogP contribution is 2.36. The molecule has 0 aliphatic carbocycles. The largest absolute Gasteiger partial charge is 0.432 e. The van der Waals surface area contributed by atoms with Crippen molar-refractivity contribution >= 4 is 27.0 Å². The van der Waals surface area contributed by atoms with Crippen LogP contribution in [0.15, 0.2) is 35.2 Å². The lowest BCUT2D eigenvalue weighted by Gasteiger charge is -2.12. The number of H-pyrrole nitrogens is 1. The van der Waals surface area contributed by atoms with Crippen LogP contribution in [0.3, 0.4) is 0 Å². The second-order valence-corrected chi connectivity index (χ2v) is 8.98. The standard InChI is InChI=1S/C17H16F3N3O2S2/c1-9-5-4-6-10(2)16(9)23-27(24,25)14-8-13(26-11(14)3)12-7-15(22-21-12)17(18,19)20/h4-8,23H,1-3H3,(H,21,22). The molecule has 0 spiro atoms. The maximum atomic E-state index is 12.8. The molecule has 144 valence electrons. The van der Waals surface area contributed by atoms with Crippen molar-refractivity contribution in [3.63, 3.8) is 0 Å². The Morgan fingerprint density at radius 3 is 2.30 bits per heavy atom. The minimum absolute atomic E-state index is 0.0155. The molecule has 0 unspecified atom stereocenters. The smallest absolute Gasteiger partial charge is 0.279 e. The Hall–Kier alpha value is -2.33. The van der Waals surface area contributed by atoms with Gasteiger partial charge in [-0.05, 0) is 44.0 Å². The molecule has 0 fully saturated rings. The van der Waals surface area contributed by atoms with Gasteiger partial charge in [0.2, 0.25) is 0 Å². The molecule has 2 heterocycles. The first-order chi connectivity index (χ1) is 12.5. The Balaban J connectivity index is 1.97. The monoisotopic (exact) mass is 415 g/mol. The van der Waals surface area contributed by atoms with Gasteiger partial charge in [-0.1, -0.05) is 18.2 Å². The van der Waals surface area contributed by atoms with E-state index >= 15 is 0 Å². The first-order valence-corrected chi connectivity index (χ1v) is 10.1. The first kappa shape index (κ1) is 19.4. The van der Waals surface area contributed by atoms with Gasteiger partial charge in [-0.25, -0.2) is 8.42 Å². The minimum atomic E-state index is -4.55. The van der Waals surface area contributed by atoms with Crippen LogP contribution in [0.5, 0.6) is 0 Å². The number of benzene rings is 1. The number of hydrogen-bond acceptors (Lipinski definition) is 4. The van der Waals surface area contributed by atoms with Gasteiger partial charge >= 0.3 is 6.18 Å². The maximum absolute atomic E-state index is 12.8. The van der Waals surface area contributed by atoms with Crippen LogP contribution in [0.2, 0.25) is 0 Å². The molecule has 0 aliphatic heterocycles. The topological polar surface area (TPSA) is 74.8 Å². The summed E-state index contributed by atoms with van der Waals surface area (Å²) in [5, 5.41) is 5.58. The number of para-hydroxylation sites is 1. The zero-order valence-corrected chi connectivity index (χ0v) is 16.2. The van der Waals surface area contributed by atoms with Crippen molar-refractivity contribution in [3.05, 3.63) is 52.0 Å². The van der Waals surface area contributed by atoms with Gasteiger partial charge < -0.3 is 0 Å². The summed E-state index contributed by atoms with van der Waals surface area (Å²) in [4.78, 5) is 0.808. The number of sulfonamides is 1. The Bertz CT molecular complexity index is 1080. The summed E-state index contributed by atoms with van der Waals surface area (Å²) in [5.74, 6) is 0. The van der Waals surface area contributed by atoms with Crippen molar-refractivity contribution in [1.29, 1.82) is 0 Å². The van der Waals surface area contributed by atoms with Crippen molar-refractivity contribution in [2.75, 3.05) is 4.72 Å². The summed E-state index contributed by atoms with van der Waals surface area (Å²) in [7, 11) is -3.90. The Kier molecular flexibility index (Phi) is 4.81. The Morgan fingerprint density at radius 2 is 1.74 bits per heavy atom. The second kappa shape index (κ2) is 6.68. The average Bonchev–Trinajstić information content (AvgIpc) is 3.17. The van der Waals surface area contributed by atoms with Gasteiger partial charge in [-0.2, -0.15) is 18.3 Å². The predicted molar refractivity (Wildman–Crippen MR) is 98.4 cm³/mol. The number of halogens is 3. The number of anilines is 1. The summed E-state index contributed by atoms with van der Waals surface area (Å²) in [6, 6.07) is 7.61. The van der Waals surface area contributed by atoms with Crippen LogP contribution in [0.1, 0.15) is 21.7 Å². The Morgan fingerprint density at radius 1 is 1.11 bits per heavy atom.